The van der Waals surface area contributed by atoms with Crippen molar-refractivity contribution >= 4 is 11.8 Å². The molecular formula is C7H3F3N2O4. The number of rotatable bonds is 3. The fraction of sp³-hybridized carbons (Fsp3) is 0.143. The van der Waals surface area contributed by atoms with Gasteiger partial charge in [0, 0.05) is 6.07 Å². The minimum Gasteiger partial charge on any atom is -0.478 e. The summed E-state index contributed by atoms with van der Waals surface area (Å²) in [5.41, 5.74) is -2.43. The lowest BCUT2D eigenvalue weighted by Gasteiger charge is -2.01. The summed E-state index contributed by atoms with van der Waals surface area (Å²) in [6.07, 6.45) is -3.34. The molecule has 0 spiro atoms. The van der Waals surface area contributed by atoms with E-state index in [1.54, 1.807) is 0 Å². The number of nitro groups is 1. The van der Waals surface area contributed by atoms with Crippen LogP contribution in [-0.4, -0.2) is 21.0 Å². The summed E-state index contributed by atoms with van der Waals surface area (Å²) < 4.78 is 37.5. The van der Waals surface area contributed by atoms with Crippen molar-refractivity contribution in [2.24, 2.45) is 0 Å². The highest BCUT2D eigenvalue weighted by Crippen LogP contribution is 2.25. The van der Waals surface area contributed by atoms with Crippen molar-refractivity contribution in [3.63, 3.8) is 0 Å². The van der Waals surface area contributed by atoms with Gasteiger partial charge >= 0.3 is 18.2 Å². The first-order chi connectivity index (χ1) is 7.34. The molecule has 0 amide bonds. The Hall–Kier alpha value is -2.19. The van der Waals surface area contributed by atoms with Crippen LogP contribution in [0.15, 0.2) is 6.07 Å². The summed E-state index contributed by atoms with van der Waals surface area (Å²) in [7, 11) is 0. The van der Waals surface area contributed by atoms with Gasteiger partial charge in [-0.3, -0.25) is 0 Å². The quantitative estimate of drug-likeness (QED) is 0.637. The van der Waals surface area contributed by atoms with Gasteiger partial charge in [-0.15, -0.1) is 0 Å². The Morgan fingerprint density at radius 3 is 2.50 bits per heavy atom. The smallest absolute Gasteiger partial charge is 0.400 e. The number of carboxylic acids is 1. The molecule has 6 nitrogen and oxygen atoms in total. The fourth-order valence-corrected chi connectivity index (χ4v) is 0.959. The van der Waals surface area contributed by atoms with Crippen molar-refractivity contribution < 1.29 is 28.0 Å². The van der Waals surface area contributed by atoms with E-state index in [9.17, 15) is 28.1 Å². The monoisotopic (exact) mass is 236 g/mol. The maximum Gasteiger partial charge on any atom is 0.400 e. The molecule has 0 unspecified atom stereocenters. The van der Waals surface area contributed by atoms with Crippen LogP contribution in [0.4, 0.5) is 19.0 Å². The molecule has 0 saturated heterocycles. The highest BCUT2D eigenvalue weighted by Gasteiger charge is 2.30. The Labute approximate surface area is 85.5 Å². The highest BCUT2D eigenvalue weighted by molar-refractivity contribution is 5.89. The second-order valence-corrected chi connectivity index (χ2v) is 2.59. The zero-order valence-electron chi connectivity index (χ0n) is 7.35. The van der Waals surface area contributed by atoms with Crippen molar-refractivity contribution in [3.05, 3.63) is 33.3 Å². The molecule has 86 valence electrons. The Kier molecular flexibility index (Phi) is 3.06. The molecule has 0 fully saturated rings. The van der Waals surface area contributed by atoms with Gasteiger partial charge in [0.1, 0.15) is 5.56 Å². The summed E-state index contributed by atoms with van der Waals surface area (Å²) in [4.78, 5) is 22.0. The fourth-order valence-electron chi connectivity index (χ4n) is 0.959. The van der Waals surface area contributed by atoms with Gasteiger partial charge in [0.2, 0.25) is 11.5 Å². The van der Waals surface area contributed by atoms with Crippen molar-refractivity contribution in [2.75, 3.05) is 0 Å². The number of carboxylic acid groups (broad SMARTS) is 1. The van der Waals surface area contributed by atoms with Crippen molar-refractivity contribution in [3.8, 4) is 0 Å². The van der Waals surface area contributed by atoms with Crippen LogP contribution in [0.5, 0.6) is 0 Å². The molecule has 0 aliphatic carbocycles. The lowest BCUT2D eigenvalue weighted by Crippen LogP contribution is -2.09. The average molecular weight is 236 g/mol. The Morgan fingerprint density at radius 1 is 1.56 bits per heavy atom. The summed E-state index contributed by atoms with van der Waals surface area (Å²) in [5, 5.41) is 18.6. The number of halogens is 3. The van der Waals surface area contributed by atoms with E-state index in [0.717, 1.165) is 0 Å². The molecule has 1 heterocycles. The number of pyridine rings is 1. The first kappa shape index (κ1) is 11.9. The number of carbonyl (C=O) groups is 1. The standard InChI is InChI=1S/C7H3F3N2O4/c8-3-1-2(7(13)14)4(5(9)10)11-6(3)12(15)16/h1,5H,(H,13,14). The van der Waals surface area contributed by atoms with Crippen LogP contribution in [0.1, 0.15) is 22.5 Å². The van der Waals surface area contributed by atoms with Crippen LogP contribution in [0.3, 0.4) is 0 Å². The van der Waals surface area contributed by atoms with Crippen LogP contribution in [0.2, 0.25) is 0 Å². The van der Waals surface area contributed by atoms with E-state index in [-0.39, 0.29) is 6.07 Å². The van der Waals surface area contributed by atoms with E-state index >= 15 is 0 Å². The molecule has 0 radical (unpaired) electrons. The predicted octanol–water partition coefficient (Wildman–Crippen LogP) is 1.76. The molecule has 0 aromatic carbocycles. The number of nitrogens with zero attached hydrogens (tertiary/aromatic N) is 2. The highest BCUT2D eigenvalue weighted by atomic mass is 19.3. The van der Waals surface area contributed by atoms with E-state index in [4.69, 9.17) is 5.11 Å². The Morgan fingerprint density at radius 2 is 2.12 bits per heavy atom. The topological polar surface area (TPSA) is 93.3 Å². The molecule has 1 aromatic rings. The number of hydrogen-bond acceptors (Lipinski definition) is 4. The van der Waals surface area contributed by atoms with Crippen LogP contribution in [0.25, 0.3) is 0 Å². The molecule has 0 saturated carbocycles. The lowest BCUT2D eigenvalue weighted by molar-refractivity contribution is -0.392. The maximum atomic E-state index is 12.9. The van der Waals surface area contributed by atoms with Gasteiger partial charge in [0.15, 0.2) is 0 Å². The number of aromatic carboxylic acids is 1. The summed E-state index contributed by atoms with van der Waals surface area (Å²) in [6.45, 7) is 0. The number of hydrogen-bond donors (Lipinski definition) is 1. The van der Waals surface area contributed by atoms with Crippen LogP contribution >= 0.6 is 0 Å². The number of aromatic nitrogens is 1. The zero-order valence-corrected chi connectivity index (χ0v) is 7.35. The van der Waals surface area contributed by atoms with Gasteiger partial charge in [-0.1, -0.05) is 0 Å². The van der Waals surface area contributed by atoms with Gasteiger partial charge in [0.25, 0.3) is 0 Å². The Bertz CT molecular complexity index is 463. The van der Waals surface area contributed by atoms with Gasteiger partial charge in [0.05, 0.1) is 0 Å². The van der Waals surface area contributed by atoms with Crippen molar-refractivity contribution in [2.45, 2.75) is 6.43 Å². The number of alkyl halides is 2. The minimum absolute atomic E-state index is 0.148. The van der Waals surface area contributed by atoms with Gasteiger partial charge < -0.3 is 15.2 Å². The van der Waals surface area contributed by atoms with E-state index in [0.29, 0.717) is 0 Å². The van der Waals surface area contributed by atoms with E-state index < -0.39 is 40.2 Å². The van der Waals surface area contributed by atoms with Crippen molar-refractivity contribution in [1.82, 2.24) is 4.98 Å². The molecule has 0 atom stereocenters. The normalized spacial score (nSPS) is 10.5. The molecule has 0 aliphatic rings. The molecular weight excluding hydrogens is 233 g/mol. The van der Waals surface area contributed by atoms with Crippen LogP contribution in [-0.2, 0) is 0 Å². The molecule has 1 N–H and O–H groups in total. The molecule has 1 aromatic heterocycles. The molecule has 0 bridgehead atoms. The Balaban J connectivity index is 3.49. The molecule has 0 aliphatic heterocycles. The van der Waals surface area contributed by atoms with Gasteiger partial charge in [-0.25, -0.2) is 13.6 Å². The van der Waals surface area contributed by atoms with E-state index in [2.05, 4.69) is 4.98 Å². The summed E-state index contributed by atoms with van der Waals surface area (Å²) in [5.74, 6) is -4.84. The third-order valence-corrected chi connectivity index (χ3v) is 1.60. The first-order valence-electron chi connectivity index (χ1n) is 3.71. The van der Waals surface area contributed by atoms with Crippen molar-refractivity contribution in [1.29, 1.82) is 0 Å². The zero-order chi connectivity index (χ0) is 12.5. The predicted molar refractivity (Wildman–Crippen MR) is 42.8 cm³/mol. The first-order valence-corrected chi connectivity index (χ1v) is 3.71. The SMILES string of the molecule is O=C(O)c1cc(F)c([N+](=O)[O-])nc1C(F)F. The lowest BCUT2D eigenvalue weighted by atomic mass is 10.2. The average Bonchev–Trinajstić information content (AvgIpc) is 2.15. The largest absolute Gasteiger partial charge is 0.478 e. The molecule has 1 rings (SSSR count). The maximum absolute atomic E-state index is 12.9. The molecule has 16 heavy (non-hydrogen) atoms. The third-order valence-electron chi connectivity index (χ3n) is 1.60. The summed E-state index contributed by atoms with van der Waals surface area (Å²) >= 11 is 0. The third kappa shape index (κ3) is 2.07. The second kappa shape index (κ2) is 4.13. The van der Waals surface area contributed by atoms with E-state index in [1.165, 1.54) is 0 Å². The van der Waals surface area contributed by atoms with E-state index in [1.807, 2.05) is 0 Å². The molecule has 9 heteroatoms. The van der Waals surface area contributed by atoms with Gasteiger partial charge in [-0.2, -0.15) is 4.39 Å². The van der Waals surface area contributed by atoms with Crippen LogP contribution in [0, 0.1) is 15.9 Å². The minimum atomic E-state index is -3.34. The van der Waals surface area contributed by atoms with Gasteiger partial charge in [-0.05, 0) is 9.91 Å². The summed E-state index contributed by atoms with van der Waals surface area (Å²) in [6, 6.07) is 0.148. The van der Waals surface area contributed by atoms with Crippen LogP contribution < -0.4 is 0 Å². The second-order valence-electron chi connectivity index (χ2n) is 2.59.